The largest absolute Gasteiger partial charge is 0.394 e. The van der Waals surface area contributed by atoms with E-state index in [0.29, 0.717) is 17.9 Å². The Morgan fingerprint density at radius 2 is 1.85 bits per heavy atom. The molecule has 7 heteroatoms. The fourth-order valence-corrected chi connectivity index (χ4v) is 6.75. The number of hydrogen-bond donors (Lipinski definition) is 1. The predicted octanol–water partition coefficient (Wildman–Crippen LogP) is 3.04. The van der Waals surface area contributed by atoms with E-state index in [1.54, 1.807) is 41.0 Å². The second-order valence-electron chi connectivity index (χ2n) is 8.45. The number of aromatic nitrogens is 1. The molecule has 6 nitrogen and oxygen atoms in total. The number of nitrogens with zero attached hydrogens (tertiary/aromatic N) is 3. The van der Waals surface area contributed by atoms with Crippen LogP contribution >= 0.6 is 0 Å². The van der Waals surface area contributed by atoms with Gasteiger partial charge in [0, 0.05) is 48.7 Å². The van der Waals surface area contributed by atoms with Gasteiger partial charge in [-0.1, -0.05) is 30.0 Å². The molecular weight excluding hydrogens is 434 g/mol. The third-order valence-corrected chi connectivity index (χ3v) is 8.56. The molecule has 0 aliphatic carbocycles. The van der Waals surface area contributed by atoms with Crippen molar-refractivity contribution in [1.29, 1.82) is 0 Å². The van der Waals surface area contributed by atoms with E-state index in [0.717, 1.165) is 22.4 Å². The minimum Gasteiger partial charge on any atom is -0.394 e. The van der Waals surface area contributed by atoms with Crippen LogP contribution in [0, 0.1) is 17.8 Å². The Hall–Kier alpha value is -3.18. The van der Waals surface area contributed by atoms with Crippen LogP contribution in [0.2, 0.25) is 0 Å². The van der Waals surface area contributed by atoms with Crippen molar-refractivity contribution in [3.63, 3.8) is 0 Å². The van der Waals surface area contributed by atoms with Crippen LogP contribution in [0.3, 0.4) is 0 Å². The number of benzene rings is 2. The summed E-state index contributed by atoms with van der Waals surface area (Å²) in [5, 5.41) is 10.2. The molecule has 2 aromatic carbocycles. The topological polar surface area (TPSA) is 73.7 Å². The van der Waals surface area contributed by atoms with Gasteiger partial charge < -0.3 is 10.0 Å². The molecule has 1 saturated heterocycles. The van der Waals surface area contributed by atoms with Crippen molar-refractivity contribution in [2.24, 2.45) is 5.92 Å². The average Bonchev–Trinajstić information content (AvgIpc) is 3.30. The highest BCUT2D eigenvalue weighted by Crippen LogP contribution is 2.50. The van der Waals surface area contributed by atoms with Crippen LogP contribution < -0.4 is 4.90 Å². The number of likely N-dealkylation sites (N-methyl/N-ethyl adjacent to an activating group) is 1. The molecule has 3 heterocycles. The van der Waals surface area contributed by atoms with Crippen molar-refractivity contribution in [1.82, 2.24) is 9.29 Å². The van der Waals surface area contributed by atoms with Gasteiger partial charge in [0.2, 0.25) is 10.0 Å². The van der Waals surface area contributed by atoms with Crippen LogP contribution in [-0.4, -0.2) is 49.1 Å². The summed E-state index contributed by atoms with van der Waals surface area (Å²) in [6, 6.07) is 17.7. The molecule has 0 amide bonds. The molecule has 3 atom stereocenters. The number of anilines is 1. The highest BCUT2D eigenvalue weighted by molar-refractivity contribution is 7.89. The van der Waals surface area contributed by atoms with Crippen molar-refractivity contribution >= 4 is 15.7 Å². The summed E-state index contributed by atoms with van der Waals surface area (Å²) in [5.74, 6) is 6.31. The van der Waals surface area contributed by atoms with Gasteiger partial charge in [-0.3, -0.25) is 4.98 Å². The first-order chi connectivity index (χ1) is 16.0. The van der Waals surface area contributed by atoms with Gasteiger partial charge in [0.1, 0.15) is 0 Å². The number of rotatable bonds is 3. The average molecular weight is 460 g/mol. The van der Waals surface area contributed by atoms with Crippen molar-refractivity contribution in [2.75, 3.05) is 25.1 Å². The first kappa shape index (κ1) is 21.7. The number of sulfonamides is 1. The zero-order valence-corrected chi connectivity index (χ0v) is 19.1. The Kier molecular flexibility index (Phi) is 5.67. The van der Waals surface area contributed by atoms with Gasteiger partial charge in [0.25, 0.3) is 0 Å². The molecular formula is C26H25N3O3S. The maximum atomic E-state index is 13.6. The summed E-state index contributed by atoms with van der Waals surface area (Å²) in [7, 11) is -1.72. The van der Waals surface area contributed by atoms with Gasteiger partial charge in [-0.2, -0.15) is 4.31 Å². The molecule has 0 unspecified atom stereocenters. The van der Waals surface area contributed by atoms with Gasteiger partial charge in [-0.05, 0) is 54.4 Å². The number of aliphatic hydroxyl groups is 1. The van der Waals surface area contributed by atoms with E-state index in [-0.39, 0.29) is 24.6 Å². The fraction of sp³-hybridized carbons (Fsp3) is 0.269. The fourth-order valence-electron chi connectivity index (χ4n) is 5.07. The summed E-state index contributed by atoms with van der Waals surface area (Å²) in [4.78, 5) is 6.47. The van der Waals surface area contributed by atoms with Crippen molar-refractivity contribution in [3.05, 3.63) is 89.7 Å². The molecule has 0 spiro atoms. The lowest BCUT2D eigenvalue weighted by atomic mass is 9.82. The lowest BCUT2D eigenvalue weighted by Crippen LogP contribution is -2.48. The van der Waals surface area contributed by atoms with Crippen molar-refractivity contribution in [2.45, 2.75) is 23.4 Å². The summed E-state index contributed by atoms with van der Waals surface area (Å²) in [6.07, 6.45) is 4.11. The minimum absolute atomic E-state index is 0.00693. The second-order valence-corrected chi connectivity index (χ2v) is 10.3. The van der Waals surface area contributed by atoms with Gasteiger partial charge in [-0.15, -0.1) is 0 Å². The molecule has 0 bridgehead atoms. The summed E-state index contributed by atoms with van der Waals surface area (Å²) < 4.78 is 28.8. The zero-order valence-electron chi connectivity index (χ0n) is 18.3. The van der Waals surface area contributed by atoms with Gasteiger partial charge in [0.15, 0.2) is 0 Å². The van der Waals surface area contributed by atoms with E-state index in [4.69, 9.17) is 0 Å². The van der Waals surface area contributed by atoms with E-state index in [1.165, 1.54) is 0 Å². The van der Waals surface area contributed by atoms with E-state index in [2.05, 4.69) is 21.7 Å². The number of aliphatic hydroxyl groups excluding tert-OH is 1. The first-order valence-electron chi connectivity index (χ1n) is 11.0. The quantitative estimate of drug-likeness (QED) is 0.610. The van der Waals surface area contributed by atoms with Crippen LogP contribution in [0.5, 0.6) is 0 Å². The predicted molar refractivity (Wildman–Crippen MR) is 127 cm³/mol. The maximum Gasteiger partial charge on any atom is 0.243 e. The second kappa shape index (κ2) is 8.64. The maximum absolute atomic E-state index is 13.6. The smallest absolute Gasteiger partial charge is 0.243 e. The van der Waals surface area contributed by atoms with Crippen LogP contribution in [0.25, 0.3) is 0 Å². The zero-order chi connectivity index (χ0) is 23.0. The molecule has 2 aliphatic heterocycles. The molecule has 1 fully saturated rings. The van der Waals surface area contributed by atoms with Gasteiger partial charge >= 0.3 is 0 Å². The van der Waals surface area contributed by atoms with Gasteiger partial charge in [-0.25, -0.2) is 8.42 Å². The van der Waals surface area contributed by atoms with E-state index in [9.17, 15) is 13.5 Å². The van der Waals surface area contributed by atoms with Gasteiger partial charge in [0.05, 0.1) is 23.6 Å². The standard InChI is InChI=1S/C26H25N3O3S/c1-28-24-12-11-19(9-10-20-6-5-14-27-17-20)16-23(24)26-22(25(28)18-30)13-15-29(26)33(31,32)21-7-3-2-4-8-21/h2-8,11-12,14,16-17,22,25-26,30H,13,15,18H2,1H3/t22-,25+,26-/m0/s1. The summed E-state index contributed by atoms with van der Waals surface area (Å²) in [6.45, 7) is 0.390. The Morgan fingerprint density at radius 3 is 2.58 bits per heavy atom. The Bertz CT molecular complexity index is 1320. The first-order valence-corrected chi connectivity index (χ1v) is 12.4. The number of pyridine rings is 1. The SMILES string of the molecule is CN1c2ccc(C#Cc3cccnc3)cc2[C@@H]2[C@@H](CCN2S(=O)(=O)c2ccccc2)[C@H]1CO. The van der Waals surface area contributed by atoms with Crippen LogP contribution in [0.1, 0.15) is 29.2 Å². The van der Waals surface area contributed by atoms with Crippen LogP contribution in [0.4, 0.5) is 5.69 Å². The third kappa shape index (κ3) is 3.80. The van der Waals surface area contributed by atoms with Crippen molar-refractivity contribution in [3.8, 4) is 11.8 Å². The molecule has 33 heavy (non-hydrogen) atoms. The normalized spacial score (nSPS) is 22.2. The monoisotopic (exact) mass is 459 g/mol. The molecule has 1 N–H and O–H groups in total. The number of fused-ring (bicyclic) bond motifs is 3. The highest BCUT2D eigenvalue weighted by atomic mass is 32.2. The Morgan fingerprint density at radius 1 is 1.06 bits per heavy atom. The third-order valence-electron chi connectivity index (χ3n) is 6.67. The van der Waals surface area contributed by atoms with Crippen molar-refractivity contribution < 1.29 is 13.5 Å². The summed E-state index contributed by atoms with van der Waals surface area (Å²) >= 11 is 0. The minimum atomic E-state index is -3.68. The van der Waals surface area contributed by atoms with Crippen LogP contribution in [-0.2, 0) is 10.0 Å². The summed E-state index contributed by atoms with van der Waals surface area (Å²) in [5.41, 5.74) is 3.50. The Balaban J connectivity index is 1.60. The molecule has 0 radical (unpaired) electrons. The van der Waals surface area contributed by atoms with E-state index in [1.807, 2.05) is 43.4 Å². The molecule has 168 valence electrons. The molecule has 1 aromatic heterocycles. The molecule has 2 aliphatic rings. The number of hydrogen-bond acceptors (Lipinski definition) is 5. The highest BCUT2D eigenvalue weighted by Gasteiger charge is 2.50. The molecule has 0 saturated carbocycles. The molecule has 3 aromatic rings. The molecule has 5 rings (SSSR count). The Labute approximate surface area is 194 Å². The lowest BCUT2D eigenvalue weighted by molar-refractivity contribution is 0.193. The van der Waals surface area contributed by atoms with Crippen LogP contribution in [0.15, 0.2) is 78.0 Å². The van der Waals surface area contributed by atoms with E-state index < -0.39 is 10.0 Å². The van der Waals surface area contributed by atoms with E-state index >= 15 is 0 Å². The lowest BCUT2D eigenvalue weighted by Gasteiger charge is -2.44.